The van der Waals surface area contributed by atoms with Crippen molar-refractivity contribution in [3.05, 3.63) is 101 Å². The van der Waals surface area contributed by atoms with E-state index >= 15 is 0 Å². The predicted molar refractivity (Wildman–Crippen MR) is 127 cm³/mol. The van der Waals surface area contributed by atoms with Gasteiger partial charge in [-0.2, -0.15) is 0 Å². The van der Waals surface area contributed by atoms with E-state index in [9.17, 15) is 19.5 Å². The number of Topliss-reactive ketones (excluding diaryl/α,β-unsaturated/α-hetero) is 1. The molecule has 0 aromatic heterocycles. The van der Waals surface area contributed by atoms with Gasteiger partial charge in [0.05, 0.1) is 30.9 Å². The second-order valence-electron chi connectivity index (χ2n) is 7.58. The Hall–Kier alpha value is -4.39. The smallest absolute Gasteiger partial charge is 0.338 e. The molecule has 1 amide bonds. The van der Waals surface area contributed by atoms with Crippen molar-refractivity contribution in [1.29, 1.82) is 0 Å². The van der Waals surface area contributed by atoms with Crippen LogP contribution >= 0.6 is 0 Å². The number of carbonyl (C=O) groups is 3. The highest BCUT2D eigenvalue weighted by molar-refractivity contribution is 6.51. The third kappa shape index (κ3) is 4.15. The Morgan fingerprint density at radius 3 is 2.15 bits per heavy atom. The van der Waals surface area contributed by atoms with E-state index in [4.69, 9.17) is 9.47 Å². The Morgan fingerprint density at radius 2 is 1.56 bits per heavy atom. The summed E-state index contributed by atoms with van der Waals surface area (Å²) in [6.07, 6.45) is 0. The highest BCUT2D eigenvalue weighted by atomic mass is 16.5. The summed E-state index contributed by atoms with van der Waals surface area (Å²) >= 11 is 0. The first-order chi connectivity index (χ1) is 16.5. The molecule has 1 saturated heterocycles. The second-order valence-corrected chi connectivity index (χ2v) is 7.58. The van der Waals surface area contributed by atoms with Crippen LogP contribution in [0.15, 0.2) is 84.4 Å². The lowest BCUT2D eigenvalue weighted by atomic mass is 9.95. The lowest BCUT2D eigenvalue weighted by Crippen LogP contribution is -2.29. The van der Waals surface area contributed by atoms with Gasteiger partial charge in [-0.15, -0.1) is 0 Å². The maximum absolute atomic E-state index is 13.2. The van der Waals surface area contributed by atoms with E-state index < -0.39 is 23.7 Å². The van der Waals surface area contributed by atoms with Crippen molar-refractivity contribution in [2.24, 2.45) is 0 Å². The Bertz CT molecular complexity index is 1250. The zero-order valence-electron chi connectivity index (χ0n) is 18.7. The normalized spacial score (nSPS) is 17.0. The van der Waals surface area contributed by atoms with Gasteiger partial charge in [-0.1, -0.05) is 42.5 Å². The summed E-state index contributed by atoms with van der Waals surface area (Å²) in [6, 6.07) is 20.9. The van der Waals surface area contributed by atoms with E-state index in [-0.39, 0.29) is 17.9 Å². The second kappa shape index (κ2) is 9.62. The summed E-state index contributed by atoms with van der Waals surface area (Å²) in [5, 5.41) is 11.1. The SMILES string of the molecule is CCOC(=O)c1ccc(N2C(=O)C(=O)/C(=C(/O)c3ccccc3)[C@@H]2c2ccc(OC)cc2)cc1. The van der Waals surface area contributed by atoms with E-state index in [0.29, 0.717) is 28.1 Å². The van der Waals surface area contributed by atoms with Gasteiger partial charge < -0.3 is 14.6 Å². The molecule has 172 valence electrons. The van der Waals surface area contributed by atoms with Crippen LogP contribution in [-0.2, 0) is 14.3 Å². The third-order valence-corrected chi connectivity index (χ3v) is 5.58. The molecule has 1 fully saturated rings. The van der Waals surface area contributed by atoms with Gasteiger partial charge >= 0.3 is 5.97 Å². The molecular weight excluding hydrogens is 434 g/mol. The van der Waals surface area contributed by atoms with Gasteiger partial charge in [0.25, 0.3) is 11.7 Å². The van der Waals surface area contributed by atoms with Crippen molar-refractivity contribution in [2.75, 3.05) is 18.6 Å². The molecule has 4 rings (SSSR count). The van der Waals surface area contributed by atoms with Crippen LogP contribution in [0.2, 0.25) is 0 Å². The maximum Gasteiger partial charge on any atom is 0.338 e. The monoisotopic (exact) mass is 457 g/mol. The lowest BCUT2D eigenvalue weighted by molar-refractivity contribution is -0.132. The molecule has 0 radical (unpaired) electrons. The summed E-state index contributed by atoms with van der Waals surface area (Å²) in [5.74, 6) is -1.70. The summed E-state index contributed by atoms with van der Waals surface area (Å²) in [6.45, 7) is 1.96. The van der Waals surface area contributed by atoms with Crippen LogP contribution in [0.25, 0.3) is 5.76 Å². The number of benzene rings is 3. The van der Waals surface area contributed by atoms with Crippen molar-refractivity contribution in [3.8, 4) is 5.75 Å². The van der Waals surface area contributed by atoms with Gasteiger partial charge in [0, 0.05) is 11.3 Å². The molecule has 3 aromatic rings. The minimum atomic E-state index is -0.875. The zero-order valence-corrected chi connectivity index (χ0v) is 18.7. The minimum absolute atomic E-state index is 0.0177. The third-order valence-electron chi connectivity index (χ3n) is 5.58. The first-order valence-corrected chi connectivity index (χ1v) is 10.7. The quantitative estimate of drug-likeness (QED) is 0.254. The molecule has 1 atom stereocenters. The predicted octanol–water partition coefficient (Wildman–Crippen LogP) is 4.50. The highest BCUT2D eigenvalue weighted by Crippen LogP contribution is 2.42. The van der Waals surface area contributed by atoms with Crippen LogP contribution in [0.4, 0.5) is 5.69 Å². The van der Waals surface area contributed by atoms with Crippen molar-refractivity contribution >= 4 is 29.1 Å². The van der Waals surface area contributed by atoms with Crippen molar-refractivity contribution in [3.63, 3.8) is 0 Å². The zero-order chi connectivity index (χ0) is 24.2. The fraction of sp³-hybridized carbons (Fsp3) is 0.148. The Morgan fingerprint density at radius 1 is 0.912 bits per heavy atom. The van der Waals surface area contributed by atoms with Crippen LogP contribution in [0, 0.1) is 0 Å². The van der Waals surface area contributed by atoms with Gasteiger partial charge in [0.1, 0.15) is 11.5 Å². The van der Waals surface area contributed by atoms with Crippen LogP contribution in [0.3, 0.4) is 0 Å². The van der Waals surface area contributed by atoms with Gasteiger partial charge in [-0.3, -0.25) is 14.5 Å². The molecule has 0 unspecified atom stereocenters. The molecule has 7 nitrogen and oxygen atoms in total. The number of aliphatic hydroxyl groups is 1. The number of amides is 1. The number of anilines is 1. The van der Waals surface area contributed by atoms with E-state index in [2.05, 4.69) is 0 Å². The molecule has 34 heavy (non-hydrogen) atoms. The summed E-state index contributed by atoms with van der Waals surface area (Å²) < 4.78 is 10.2. The standard InChI is InChI=1S/C27H23NO6/c1-3-34-27(32)19-9-13-20(14-10-19)28-23(17-11-15-21(33-2)16-12-17)22(25(30)26(28)31)24(29)18-7-5-4-6-8-18/h4-16,23,29H,3H2,1-2H3/b24-22+/t23-/m0/s1. The Kier molecular flexibility index (Phi) is 6.45. The average Bonchev–Trinajstić information content (AvgIpc) is 3.14. The number of esters is 1. The van der Waals surface area contributed by atoms with E-state index in [0.717, 1.165) is 0 Å². The molecule has 1 aliphatic rings. The number of methoxy groups -OCH3 is 1. The molecule has 1 N–H and O–H groups in total. The Balaban J connectivity index is 1.85. The van der Waals surface area contributed by atoms with Crippen molar-refractivity contribution < 1.29 is 29.0 Å². The number of rotatable bonds is 6. The molecule has 0 spiro atoms. The molecule has 1 heterocycles. The number of ether oxygens (including phenoxy) is 2. The number of nitrogens with zero attached hydrogens (tertiary/aromatic N) is 1. The number of hydrogen-bond acceptors (Lipinski definition) is 6. The summed E-state index contributed by atoms with van der Waals surface area (Å²) in [4.78, 5) is 39.7. The van der Waals surface area contributed by atoms with Crippen LogP contribution < -0.4 is 9.64 Å². The Labute approximate surface area is 196 Å². The molecule has 0 aliphatic carbocycles. The van der Waals surface area contributed by atoms with Crippen LogP contribution in [-0.4, -0.2) is 36.5 Å². The van der Waals surface area contributed by atoms with Crippen molar-refractivity contribution in [1.82, 2.24) is 0 Å². The number of carbonyl (C=O) groups excluding carboxylic acids is 3. The molecule has 3 aromatic carbocycles. The van der Waals surface area contributed by atoms with E-state index in [1.54, 1.807) is 80.8 Å². The van der Waals surface area contributed by atoms with E-state index in [1.807, 2.05) is 0 Å². The van der Waals surface area contributed by atoms with Crippen molar-refractivity contribution in [2.45, 2.75) is 13.0 Å². The fourth-order valence-electron chi connectivity index (χ4n) is 3.92. The number of ketones is 1. The molecule has 0 saturated carbocycles. The van der Waals surface area contributed by atoms with Gasteiger partial charge in [-0.25, -0.2) is 4.79 Å². The maximum atomic E-state index is 13.2. The molecule has 0 bridgehead atoms. The highest BCUT2D eigenvalue weighted by Gasteiger charge is 2.47. The summed E-state index contributed by atoms with van der Waals surface area (Å²) in [5.41, 5.74) is 1.76. The molecule has 7 heteroatoms. The van der Waals surface area contributed by atoms with E-state index in [1.165, 1.54) is 17.0 Å². The number of aliphatic hydroxyl groups excluding tert-OH is 1. The first-order valence-electron chi connectivity index (χ1n) is 10.7. The molecule has 1 aliphatic heterocycles. The van der Waals surface area contributed by atoms with Gasteiger partial charge in [0.15, 0.2) is 0 Å². The number of hydrogen-bond donors (Lipinski definition) is 1. The van der Waals surface area contributed by atoms with Gasteiger partial charge in [-0.05, 0) is 48.9 Å². The molecular formula is C27H23NO6. The topological polar surface area (TPSA) is 93.1 Å². The van der Waals surface area contributed by atoms with Crippen LogP contribution in [0.5, 0.6) is 5.75 Å². The average molecular weight is 457 g/mol. The fourth-order valence-corrected chi connectivity index (χ4v) is 3.92. The largest absolute Gasteiger partial charge is 0.507 e. The van der Waals surface area contributed by atoms with Gasteiger partial charge in [0.2, 0.25) is 0 Å². The lowest BCUT2D eigenvalue weighted by Gasteiger charge is -2.25. The first kappa shape index (κ1) is 22.8. The summed E-state index contributed by atoms with van der Waals surface area (Å²) in [7, 11) is 1.54. The van der Waals surface area contributed by atoms with Crippen LogP contribution in [0.1, 0.15) is 34.5 Å². The minimum Gasteiger partial charge on any atom is -0.507 e.